The Morgan fingerprint density at radius 1 is 1.19 bits per heavy atom. The van der Waals surface area contributed by atoms with Gasteiger partial charge in [-0.05, 0) is 18.2 Å². The molecule has 0 aromatic carbocycles. The fourth-order valence-electron chi connectivity index (χ4n) is 1.82. The Morgan fingerprint density at radius 3 is 2.57 bits per heavy atom. The molecular weight excluding hydrogens is 307 g/mol. The van der Waals surface area contributed by atoms with E-state index in [1.807, 2.05) is 0 Å². The summed E-state index contributed by atoms with van der Waals surface area (Å²) in [6.07, 6.45) is -2.26. The second-order valence-corrected chi connectivity index (χ2v) is 4.68. The zero-order chi connectivity index (χ0) is 15.2. The van der Waals surface area contributed by atoms with Crippen molar-refractivity contribution in [3.05, 3.63) is 41.2 Å². The first kappa shape index (κ1) is 13.6. The van der Waals surface area contributed by atoms with Crippen LogP contribution >= 0.6 is 11.6 Å². The lowest BCUT2D eigenvalue weighted by Crippen LogP contribution is -2.07. The number of hydrogen-bond acceptors (Lipinski definition) is 4. The Hall–Kier alpha value is -2.35. The fourth-order valence-corrected chi connectivity index (χ4v) is 2.07. The quantitative estimate of drug-likeness (QED) is 0.749. The predicted octanol–water partition coefficient (Wildman–Crippen LogP) is 3.05. The Labute approximate surface area is 121 Å². The number of anilines is 1. The molecule has 3 aromatic rings. The van der Waals surface area contributed by atoms with Crippen molar-refractivity contribution < 1.29 is 13.2 Å². The van der Waals surface area contributed by atoms with Gasteiger partial charge in [-0.2, -0.15) is 13.2 Å². The molecule has 0 saturated carbocycles. The van der Waals surface area contributed by atoms with Crippen LogP contribution in [0.1, 0.15) is 5.56 Å². The van der Waals surface area contributed by atoms with E-state index in [1.54, 1.807) is 12.1 Å². The van der Waals surface area contributed by atoms with Crippen LogP contribution in [-0.4, -0.2) is 19.6 Å². The topological polar surface area (TPSA) is 69.1 Å². The molecule has 108 valence electrons. The van der Waals surface area contributed by atoms with E-state index in [-0.39, 0.29) is 16.5 Å². The maximum Gasteiger partial charge on any atom is 0.417 e. The summed E-state index contributed by atoms with van der Waals surface area (Å²) in [4.78, 5) is 4.02. The van der Waals surface area contributed by atoms with E-state index in [9.17, 15) is 13.2 Å². The number of pyridine rings is 2. The number of fused-ring (bicyclic) bond motifs is 1. The first-order chi connectivity index (χ1) is 9.86. The summed E-state index contributed by atoms with van der Waals surface area (Å²) in [6.45, 7) is 0. The van der Waals surface area contributed by atoms with Crippen LogP contribution < -0.4 is 5.73 Å². The second kappa shape index (κ2) is 4.59. The standard InChI is InChI=1S/C12H7ClF3N5/c13-8-3-6(12(14,15)16)5-21-10(8)19-20-11(21)9-2-1-7(17)4-18-9/h1-5H,17H2. The number of aromatic nitrogens is 4. The van der Waals surface area contributed by atoms with Crippen LogP contribution in [0.3, 0.4) is 0 Å². The minimum atomic E-state index is -4.52. The molecule has 0 aliphatic rings. The molecule has 0 radical (unpaired) electrons. The van der Waals surface area contributed by atoms with Crippen LogP contribution in [0.25, 0.3) is 17.2 Å². The third-order valence-electron chi connectivity index (χ3n) is 2.80. The molecule has 0 amide bonds. The maximum atomic E-state index is 12.8. The van der Waals surface area contributed by atoms with Crippen molar-refractivity contribution in [1.82, 2.24) is 19.6 Å². The fraction of sp³-hybridized carbons (Fsp3) is 0.0833. The highest BCUT2D eigenvalue weighted by atomic mass is 35.5. The molecule has 3 aromatic heterocycles. The molecule has 0 saturated heterocycles. The van der Waals surface area contributed by atoms with Gasteiger partial charge in [0.25, 0.3) is 0 Å². The monoisotopic (exact) mass is 313 g/mol. The Morgan fingerprint density at radius 2 is 1.95 bits per heavy atom. The van der Waals surface area contributed by atoms with Gasteiger partial charge >= 0.3 is 6.18 Å². The van der Waals surface area contributed by atoms with E-state index in [1.165, 1.54) is 6.20 Å². The van der Waals surface area contributed by atoms with Gasteiger partial charge in [0.2, 0.25) is 0 Å². The smallest absolute Gasteiger partial charge is 0.397 e. The van der Waals surface area contributed by atoms with E-state index in [0.29, 0.717) is 11.4 Å². The van der Waals surface area contributed by atoms with Gasteiger partial charge in [0.15, 0.2) is 11.5 Å². The number of hydrogen-bond donors (Lipinski definition) is 1. The Balaban J connectivity index is 2.25. The second-order valence-electron chi connectivity index (χ2n) is 4.27. The minimum Gasteiger partial charge on any atom is -0.397 e. The molecule has 2 N–H and O–H groups in total. The zero-order valence-electron chi connectivity index (χ0n) is 10.3. The molecule has 0 bridgehead atoms. The molecule has 0 unspecified atom stereocenters. The van der Waals surface area contributed by atoms with Crippen molar-refractivity contribution in [2.24, 2.45) is 0 Å². The van der Waals surface area contributed by atoms with Crippen molar-refractivity contribution in [1.29, 1.82) is 0 Å². The average Bonchev–Trinajstić information content (AvgIpc) is 2.83. The number of nitrogens with two attached hydrogens (primary N) is 1. The molecule has 3 rings (SSSR count). The van der Waals surface area contributed by atoms with Gasteiger partial charge < -0.3 is 5.73 Å². The van der Waals surface area contributed by atoms with Gasteiger partial charge in [-0.25, -0.2) is 0 Å². The number of rotatable bonds is 1. The van der Waals surface area contributed by atoms with E-state index >= 15 is 0 Å². The van der Waals surface area contributed by atoms with Crippen LogP contribution in [0, 0.1) is 0 Å². The number of alkyl halides is 3. The normalized spacial score (nSPS) is 12.0. The first-order valence-electron chi connectivity index (χ1n) is 5.69. The highest BCUT2D eigenvalue weighted by Gasteiger charge is 2.32. The summed E-state index contributed by atoms with van der Waals surface area (Å²) in [5.41, 5.74) is 5.53. The van der Waals surface area contributed by atoms with Gasteiger partial charge in [0.1, 0.15) is 5.69 Å². The molecule has 21 heavy (non-hydrogen) atoms. The Bertz CT molecular complexity index is 810. The lowest BCUT2D eigenvalue weighted by molar-refractivity contribution is -0.137. The Kier molecular flexibility index (Phi) is 2.98. The van der Waals surface area contributed by atoms with Gasteiger partial charge in [-0.1, -0.05) is 11.6 Å². The molecule has 5 nitrogen and oxygen atoms in total. The molecule has 9 heteroatoms. The summed E-state index contributed by atoms with van der Waals surface area (Å²) in [5.74, 6) is 0.151. The largest absolute Gasteiger partial charge is 0.417 e. The van der Waals surface area contributed by atoms with Crippen molar-refractivity contribution in [3.63, 3.8) is 0 Å². The van der Waals surface area contributed by atoms with Gasteiger partial charge in [0.05, 0.1) is 22.5 Å². The minimum absolute atomic E-state index is 0.123. The van der Waals surface area contributed by atoms with Crippen molar-refractivity contribution in [3.8, 4) is 11.5 Å². The van der Waals surface area contributed by atoms with Crippen LogP contribution in [0.5, 0.6) is 0 Å². The van der Waals surface area contributed by atoms with Crippen molar-refractivity contribution in [2.45, 2.75) is 6.18 Å². The van der Waals surface area contributed by atoms with E-state index in [0.717, 1.165) is 16.7 Å². The number of nitrogen functional groups attached to an aromatic ring is 1. The summed E-state index contributed by atoms with van der Waals surface area (Å²) < 4.78 is 39.7. The summed E-state index contributed by atoms with van der Waals surface area (Å²) in [5, 5.41) is 7.48. The lowest BCUT2D eigenvalue weighted by atomic mass is 10.2. The van der Waals surface area contributed by atoms with Gasteiger partial charge in [-0.3, -0.25) is 9.38 Å². The maximum absolute atomic E-state index is 12.8. The van der Waals surface area contributed by atoms with E-state index in [4.69, 9.17) is 17.3 Å². The molecule has 0 aliphatic carbocycles. The summed E-state index contributed by atoms with van der Waals surface area (Å²) in [6, 6.07) is 3.92. The van der Waals surface area contributed by atoms with Gasteiger partial charge in [-0.15, -0.1) is 10.2 Å². The molecule has 0 atom stereocenters. The highest BCUT2D eigenvalue weighted by molar-refractivity contribution is 6.33. The van der Waals surface area contributed by atoms with Gasteiger partial charge in [0, 0.05) is 6.20 Å². The van der Waals surface area contributed by atoms with Crippen LogP contribution in [-0.2, 0) is 6.18 Å². The third kappa shape index (κ3) is 2.38. The zero-order valence-corrected chi connectivity index (χ0v) is 11.0. The SMILES string of the molecule is Nc1ccc(-c2nnc3c(Cl)cc(C(F)(F)F)cn23)nc1. The predicted molar refractivity (Wildman–Crippen MR) is 70.6 cm³/mol. The van der Waals surface area contributed by atoms with Crippen LogP contribution in [0.15, 0.2) is 30.6 Å². The number of halogens is 4. The van der Waals surface area contributed by atoms with Crippen LogP contribution in [0.4, 0.5) is 18.9 Å². The average molecular weight is 314 g/mol. The molecular formula is C12H7ClF3N5. The lowest BCUT2D eigenvalue weighted by Gasteiger charge is -2.08. The number of nitrogens with zero attached hydrogens (tertiary/aromatic N) is 4. The van der Waals surface area contributed by atoms with E-state index in [2.05, 4.69) is 15.2 Å². The molecule has 3 heterocycles. The molecule has 0 spiro atoms. The molecule has 0 fully saturated rings. The van der Waals surface area contributed by atoms with Crippen LogP contribution in [0.2, 0.25) is 5.02 Å². The van der Waals surface area contributed by atoms with Crippen molar-refractivity contribution in [2.75, 3.05) is 5.73 Å². The molecule has 0 aliphatic heterocycles. The highest BCUT2D eigenvalue weighted by Crippen LogP contribution is 2.33. The third-order valence-corrected chi connectivity index (χ3v) is 3.08. The van der Waals surface area contributed by atoms with E-state index < -0.39 is 11.7 Å². The summed E-state index contributed by atoms with van der Waals surface area (Å²) in [7, 11) is 0. The first-order valence-corrected chi connectivity index (χ1v) is 6.07. The van der Waals surface area contributed by atoms with Crippen molar-refractivity contribution >= 4 is 22.9 Å². The summed E-state index contributed by atoms with van der Waals surface area (Å²) >= 11 is 5.83.